The van der Waals surface area contributed by atoms with Crippen molar-refractivity contribution in [3.05, 3.63) is 60.0 Å². The zero-order valence-electron chi connectivity index (χ0n) is 16.3. The first kappa shape index (κ1) is 20.0. The Morgan fingerprint density at radius 2 is 1.68 bits per heavy atom. The van der Waals surface area contributed by atoms with Gasteiger partial charge in [-0.1, -0.05) is 50.2 Å². The third kappa shape index (κ3) is 4.58. The molecule has 148 valence electrons. The maximum atomic E-state index is 12.4. The predicted octanol–water partition coefficient (Wildman–Crippen LogP) is 3.52. The third-order valence-corrected chi connectivity index (χ3v) is 5.68. The van der Waals surface area contributed by atoms with Gasteiger partial charge in [0.1, 0.15) is 5.75 Å². The molecule has 1 N–H and O–H groups in total. The van der Waals surface area contributed by atoms with Crippen molar-refractivity contribution < 1.29 is 17.7 Å². The number of methoxy groups -OCH3 is 1. The van der Waals surface area contributed by atoms with E-state index < -0.39 is 10.0 Å². The van der Waals surface area contributed by atoms with Crippen molar-refractivity contribution in [3.63, 3.8) is 0 Å². The topological polar surface area (TPSA) is 94.3 Å². The first-order valence-electron chi connectivity index (χ1n) is 8.76. The van der Waals surface area contributed by atoms with Crippen molar-refractivity contribution in [3.8, 4) is 17.1 Å². The molecule has 0 spiro atoms. The van der Waals surface area contributed by atoms with Crippen molar-refractivity contribution in [1.82, 2.24) is 14.9 Å². The van der Waals surface area contributed by atoms with Gasteiger partial charge in [0.15, 0.2) is 0 Å². The molecule has 8 heteroatoms. The van der Waals surface area contributed by atoms with Gasteiger partial charge in [0.2, 0.25) is 21.7 Å². The molecule has 3 rings (SSSR count). The Hall–Kier alpha value is -2.71. The van der Waals surface area contributed by atoms with Crippen LogP contribution in [0, 0.1) is 0 Å². The molecule has 1 aromatic heterocycles. The van der Waals surface area contributed by atoms with Crippen LogP contribution < -0.4 is 9.46 Å². The molecule has 0 aliphatic rings. The smallest absolute Gasteiger partial charge is 0.242 e. The summed E-state index contributed by atoms with van der Waals surface area (Å²) in [6, 6.07) is 14.0. The van der Waals surface area contributed by atoms with Crippen molar-refractivity contribution in [1.29, 1.82) is 0 Å². The summed E-state index contributed by atoms with van der Waals surface area (Å²) >= 11 is 0. The largest absolute Gasteiger partial charge is 0.497 e. The van der Waals surface area contributed by atoms with Gasteiger partial charge in [0.25, 0.3) is 0 Å². The van der Waals surface area contributed by atoms with Crippen LogP contribution in [-0.2, 0) is 22.0 Å². The Balaban J connectivity index is 1.69. The lowest BCUT2D eigenvalue weighted by molar-refractivity contribution is 0.376. The van der Waals surface area contributed by atoms with Gasteiger partial charge in [-0.3, -0.25) is 0 Å². The SMILES string of the molecule is COc1ccc(S(=O)(=O)NCc2nc(-c3ccc(C(C)(C)C)cc3)no2)cc1. The second-order valence-electron chi connectivity index (χ2n) is 7.34. The fourth-order valence-corrected chi connectivity index (χ4v) is 3.53. The Kier molecular flexibility index (Phi) is 5.53. The number of sulfonamides is 1. The van der Waals surface area contributed by atoms with E-state index in [0.29, 0.717) is 11.6 Å². The minimum Gasteiger partial charge on any atom is -0.497 e. The van der Waals surface area contributed by atoms with Crippen LogP contribution in [0.3, 0.4) is 0 Å². The molecule has 2 aromatic carbocycles. The lowest BCUT2D eigenvalue weighted by Crippen LogP contribution is -2.23. The molecule has 0 bridgehead atoms. The van der Waals surface area contributed by atoms with Crippen LogP contribution in [0.1, 0.15) is 32.2 Å². The van der Waals surface area contributed by atoms with E-state index in [9.17, 15) is 8.42 Å². The number of nitrogens with one attached hydrogen (secondary N) is 1. The molecule has 0 saturated carbocycles. The normalized spacial score (nSPS) is 12.1. The highest BCUT2D eigenvalue weighted by Crippen LogP contribution is 2.25. The average Bonchev–Trinajstić information content (AvgIpc) is 3.15. The summed E-state index contributed by atoms with van der Waals surface area (Å²) in [5.41, 5.74) is 2.06. The lowest BCUT2D eigenvalue weighted by Gasteiger charge is -2.18. The fourth-order valence-electron chi connectivity index (χ4n) is 2.56. The van der Waals surface area contributed by atoms with E-state index in [1.54, 1.807) is 12.1 Å². The van der Waals surface area contributed by atoms with E-state index in [0.717, 1.165) is 5.56 Å². The average molecular weight is 401 g/mol. The minimum absolute atomic E-state index is 0.0562. The van der Waals surface area contributed by atoms with E-state index in [1.165, 1.54) is 24.8 Å². The number of ether oxygens (including phenoxy) is 1. The van der Waals surface area contributed by atoms with Crippen LogP contribution in [0.5, 0.6) is 5.75 Å². The monoisotopic (exact) mass is 401 g/mol. The molecule has 28 heavy (non-hydrogen) atoms. The first-order valence-corrected chi connectivity index (χ1v) is 10.2. The van der Waals surface area contributed by atoms with Crippen molar-refractivity contribution in [2.24, 2.45) is 0 Å². The van der Waals surface area contributed by atoms with E-state index in [-0.39, 0.29) is 22.7 Å². The minimum atomic E-state index is -3.69. The first-order chi connectivity index (χ1) is 13.2. The second kappa shape index (κ2) is 7.73. The van der Waals surface area contributed by atoms with Crippen LogP contribution in [-0.4, -0.2) is 25.7 Å². The predicted molar refractivity (Wildman–Crippen MR) is 105 cm³/mol. The maximum absolute atomic E-state index is 12.4. The van der Waals surface area contributed by atoms with Crippen LogP contribution in [0.25, 0.3) is 11.4 Å². The van der Waals surface area contributed by atoms with Gasteiger partial charge < -0.3 is 9.26 Å². The van der Waals surface area contributed by atoms with Crippen LogP contribution in [0.2, 0.25) is 0 Å². The molecule has 0 atom stereocenters. The Labute approximate surface area is 164 Å². The summed E-state index contributed by atoms with van der Waals surface area (Å²) in [7, 11) is -2.17. The highest BCUT2D eigenvalue weighted by molar-refractivity contribution is 7.89. The van der Waals surface area contributed by atoms with Gasteiger partial charge >= 0.3 is 0 Å². The van der Waals surface area contributed by atoms with E-state index >= 15 is 0 Å². The molecule has 0 radical (unpaired) electrons. The fraction of sp³-hybridized carbons (Fsp3) is 0.300. The second-order valence-corrected chi connectivity index (χ2v) is 9.11. The number of nitrogens with zero attached hydrogens (tertiary/aromatic N) is 2. The molecule has 0 amide bonds. The maximum Gasteiger partial charge on any atom is 0.242 e. The molecule has 0 fully saturated rings. The van der Waals surface area contributed by atoms with E-state index in [2.05, 4.69) is 35.6 Å². The number of hydrogen-bond donors (Lipinski definition) is 1. The molecule has 3 aromatic rings. The van der Waals surface area contributed by atoms with Gasteiger partial charge in [-0.05, 0) is 35.2 Å². The van der Waals surface area contributed by atoms with Gasteiger partial charge in [0.05, 0.1) is 18.6 Å². The summed E-state index contributed by atoms with van der Waals surface area (Å²) in [6.45, 7) is 6.33. The molecular formula is C20H23N3O4S. The highest BCUT2D eigenvalue weighted by atomic mass is 32.2. The summed E-state index contributed by atoms with van der Waals surface area (Å²) in [5.74, 6) is 1.18. The molecule has 0 saturated heterocycles. The third-order valence-electron chi connectivity index (χ3n) is 4.26. The Bertz CT molecular complexity index is 1030. The summed E-state index contributed by atoms with van der Waals surface area (Å²) in [4.78, 5) is 4.40. The van der Waals surface area contributed by atoms with Crippen molar-refractivity contribution in [2.75, 3.05) is 7.11 Å². The Morgan fingerprint density at radius 1 is 1.04 bits per heavy atom. The zero-order chi connectivity index (χ0) is 20.4. The standard InChI is InChI=1S/C20H23N3O4S/c1-20(2,3)15-7-5-14(6-8-15)19-22-18(27-23-19)13-21-28(24,25)17-11-9-16(26-4)10-12-17/h5-12,21H,13H2,1-4H3. The highest BCUT2D eigenvalue weighted by Gasteiger charge is 2.17. The Morgan fingerprint density at radius 3 is 2.25 bits per heavy atom. The number of aromatic nitrogens is 2. The molecule has 7 nitrogen and oxygen atoms in total. The van der Waals surface area contributed by atoms with Gasteiger partial charge in [-0.25, -0.2) is 13.1 Å². The van der Waals surface area contributed by atoms with E-state index in [4.69, 9.17) is 9.26 Å². The quantitative estimate of drug-likeness (QED) is 0.679. The molecule has 0 unspecified atom stereocenters. The van der Waals surface area contributed by atoms with E-state index in [1.807, 2.05) is 24.3 Å². The van der Waals surface area contributed by atoms with Crippen molar-refractivity contribution in [2.45, 2.75) is 37.6 Å². The van der Waals surface area contributed by atoms with Crippen molar-refractivity contribution >= 4 is 10.0 Å². The molecule has 0 aliphatic carbocycles. The summed E-state index contributed by atoms with van der Waals surface area (Å²) in [6.07, 6.45) is 0. The van der Waals surface area contributed by atoms with Crippen LogP contribution in [0.4, 0.5) is 0 Å². The lowest BCUT2D eigenvalue weighted by atomic mass is 9.87. The molecule has 0 aliphatic heterocycles. The molecule has 1 heterocycles. The van der Waals surface area contributed by atoms with Gasteiger partial charge in [0, 0.05) is 5.56 Å². The van der Waals surface area contributed by atoms with Gasteiger partial charge in [-0.2, -0.15) is 4.98 Å². The number of rotatable bonds is 6. The molecular weight excluding hydrogens is 378 g/mol. The van der Waals surface area contributed by atoms with Crippen LogP contribution >= 0.6 is 0 Å². The number of hydrogen-bond acceptors (Lipinski definition) is 6. The number of benzene rings is 2. The van der Waals surface area contributed by atoms with Gasteiger partial charge in [-0.15, -0.1) is 0 Å². The van der Waals surface area contributed by atoms with Crippen LogP contribution in [0.15, 0.2) is 57.9 Å². The summed E-state index contributed by atoms with van der Waals surface area (Å²) < 4.78 is 37.4. The zero-order valence-corrected chi connectivity index (χ0v) is 17.1. The summed E-state index contributed by atoms with van der Waals surface area (Å²) in [5, 5.41) is 3.94.